The second-order valence-corrected chi connectivity index (χ2v) is 7.93. The number of anilines is 1. The highest BCUT2D eigenvalue weighted by Crippen LogP contribution is 2.32. The third-order valence-corrected chi connectivity index (χ3v) is 5.79. The van der Waals surface area contributed by atoms with Crippen molar-refractivity contribution < 1.29 is 19.5 Å². The Labute approximate surface area is 172 Å². The highest BCUT2D eigenvalue weighted by molar-refractivity contribution is 8.15. The van der Waals surface area contributed by atoms with Gasteiger partial charge in [0.15, 0.2) is 5.17 Å². The van der Waals surface area contributed by atoms with Crippen molar-refractivity contribution in [1.82, 2.24) is 4.90 Å². The van der Waals surface area contributed by atoms with Crippen LogP contribution in [0.2, 0.25) is 0 Å². The fourth-order valence-corrected chi connectivity index (χ4v) is 4.09. The van der Waals surface area contributed by atoms with Crippen LogP contribution in [0.15, 0.2) is 47.5 Å². The number of hydrogen-bond donors (Lipinski definition) is 1. The molecule has 1 atom stereocenters. The zero-order chi connectivity index (χ0) is 21.1. The largest absolute Gasteiger partial charge is 0.545 e. The first-order chi connectivity index (χ1) is 13.8. The van der Waals surface area contributed by atoms with Crippen LogP contribution in [-0.4, -0.2) is 40.1 Å². The molecule has 29 heavy (non-hydrogen) atoms. The molecule has 0 unspecified atom stereocenters. The summed E-state index contributed by atoms with van der Waals surface area (Å²) in [5.41, 5.74) is 3.33. The van der Waals surface area contributed by atoms with Crippen molar-refractivity contribution in [2.75, 3.05) is 12.4 Å². The number of rotatable bonds is 5. The summed E-state index contributed by atoms with van der Waals surface area (Å²) in [6.45, 7) is 3.93. The van der Waals surface area contributed by atoms with Gasteiger partial charge in [0.1, 0.15) is 5.25 Å². The molecule has 1 aliphatic heterocycles. The molecule has 0 aromatic heterocycles. The van der Waals surface area contributed by atoms with Gasteiger partial charge in [0.05, 0.1) is 11.7 Å². The minimum absolute atomic E-state index is 0.0121. The van der Waals surface area contributed by atoms with Gasteiger partial charge in [-0.15, -0.1) is 0 Å². The van der Waals surface area contributed by atoms with Crippen LogP contribution in [0.4, 0.5) is 11.4 Å². The average Bonchev–Trinajstić information content (AvgIpc) is 2.93. The molecule has 0 aliphatic carbocycles. The van der Waals surface area contributed by atoms with Gasteiger partial charge in [-0.1, -0.05) is 42.1 Å². The Morgan fingerprint density at radius 1 is 1.14 bits per heavy atom. The molecule has 3 rings (SSSR count). The molecule has 0 saturated carbocycles. The van der Waals surface area contributed by atoms with Crippen LogP contribution in [0.25, 0.3) is 0 Å². The topological polar surface area (TPSA) is 102 Å². The predicted octanol–water partition coefficient (Wildman–Crippen LogP) is 2.26. The van der Waals surface area contributed by atoms with E-state index in [4.69, 9.17) is 0 Å². The average molecular weight is 410 g/mol. The maximum Gasteiger partial charge on any atom is 0.242 e. The number of hydrogen-bond acceptors (Lipinski definition) is 6. The number of amidine groups is 1. The number of aromatic carboxylic acids is 1. The lowest BCUT2D eigenvalue weighted by Gasteiger charge is -2.10. The molecular weight excluding hydrogens is 390 g/mol. The number of nitrogens with zero attached hydrogens (tertiary/aromatic N) is 2. The second-order valence-electron chi connectivity index (χ2n) is 6.76. The van der Waals surface area contributed by atoms with Crippen LogP contribution in [0, 0.1) is 13.8 Å². The third kappa shape index (κ3) is 4.65. The lowest BCUT2D eigenvalue weighted by molar-refractivity contribution is -0.255. The predicted molar refractivity (Wildman–Crippen MR) is 111 cm³/mol. The summed E-state index contributed by atoms with van der Waals surface area (Å²) in [7, 11) is 1.65. The Hall–Kier alpha value is -3.13. The summed E-state index contributed by atoms with van der Waals surface area (Å²) in [4.78, 5) is 41.8. The van der Waals surface area contributed by atoms with E-state index in [9.17, 15) is 19.5 Å². The molecule has 2 aromatic rings. The van der Waals surface area contributed by atoms with Gasteiger partial charge < -0.3 is 15.2 Å². The van der Waals surface area contributed by atoms with Gasteiger partial charge in [0.25, 0.3) is 0 Å². The summed E-state index contributed by atoms with van der Waals surface area (Å²) in [6.07, 6.45) is -0.0121. The maximum atomic E-state index is 12.6. The first-order valence-electron chi connectivity index (χ1n) is 8.96. The summed E-state index contributed by atoms with van der Waals surface area (Å²) < 4.78 is 0. The SMILES string of the molecule is Cc1cccc(C)c1N=C1S[C@@H](CC(=O)Nc2ccc(C(=O)[O-])cc2)C(=O)N1C. The Bertz CT molecular complexity index is 981. The van der Waals surface area contributed by atoms with Gasteiger partial charge in [-0.2, -0.15) is 0 Å². The van der Waals surface area contributed by atoms with E-state index in [1.807, 2.05) is 32.0 Å². The zero-order valence-corrected chi connectivity index (χ0v) is 17.1. The molecule has 1 saturated heterocycles. The van der Waals surface area contributed by atoms with E-state index in [1.54, 1.807) is 7.05 Å². The smallest absolute Gasteiger partial charge is 0.242 e. The van der Waals surface area contributed by atoms with Gasteiger partial charge in [0, 0.05) is 19.2 Å². The van der Waals surface area contributed by atoms with Crippen LogP contribution >= 0.6 is 11.8 Å². The molecule has 2 amide bonds. The van der Waals surface area contributed by atoms with Crippen molar-refractivity contribution in [3.63, 3.8) is 0 Å². The molecule has 1 N–H and O–H groups in total. The Balaban J connectivity index is 1.68. The minimum atomic E-state index is -1.28. The second kappa shape index (κ2) is 8.48. The Morgan fingerprint density at radius 3 is 2.34 bits per heavy atom. The fraction of sp³-hybridized carbons (Fsp3) is 0.238. The monoisotopic (exact) mass is 410 g/mol. The molecule has 0 radical (unpaired) electrons. The fourth-order valence-electron chi connectivity index (χ4n) is 2.94. The van der Waals surface area contributed by atoms with Crippen molar-refractivity contribution >= 4 is 46.1 Å². The van der Waals surface area contributed by atoms with Gasteiger partial charge in [-0.3, -0.25) is 14.5 Å². The standard InChI is InChI=1S/C21H21N3O4S/c1-12-5-4-6-13(2)18(12)23-21-24(3)19(26)16(29-21)11-17(25)22-15-9-7-14(8-10-15)20(27)28/h4-10,16H,11H2,1-3H3,(H,22,25)(H,27,28)/p-1/t16-/m0/s1. The maximum absolute atomic E-state index is 12.6. The van der Waals surface area contributed by atoms with E-state index in [0.29, 0.717) is 10.9 Å². The van der Waals surface area contributed by atoms with Gasteiger partial charge in [0.2, 0.25) is 11.8 Å². The van der Waals surface area contributed by atoms with Crippen LogP contribution in [0.3, 0.4) is 0 Å². The number of carbonyl (C=O) groups excluding carboxylic acids is 3. The van der Waals surface area contributed by atoms with E-state index in [-0.39, 0.29) is 23.8 Å². The number of aliphatic imine (C=N–C) groups is 1. The highest BCUT2D eigenvalue weighted by Gasteiger charge is 2.37. The van der Waals surface area contributed by atoms with Gasteiger partial charge in [-0.05, 0) is 42.7 Å². The van der Waals surface area contributed by atoms with Crippen LogP contribution in [0.5, 0.6) is 0 Å². The van der Waals surface area contributed by atoms with Crippen LogP contribution in [0.1, 0.15) is 27.9 Å². The van der Waals surface area contributed by atoms with E-state index >= 15 is 0 Å². The number of benzene rings is 2. The van der Waals surface area contributed by atoms with E-state index < -0.39 is 11.2 Å². The number of aryl methyl sites for hydroxylation is 2. The van der Waals surface area contributed by atoms with Gasteiger partial charge in [-0.25, -0.2) is 4.99 Å². The molecule has 8 heteroatoms. The van der Waals surface area contributed by atoms with Gasteiger partial charge >= 0.3 is 0 Å². The molecule has 1 heterocycles. The molecule has 7 nitrogen and oxygen atoms in total. The van der Waals surface area contributed by atoms with Crippen molar-refractivity contribution in [1.29, 1.82) is 0 Å². The summed E-state index contributed by atoms with van der Waals surface area (Å²) in [5, 5.41) is 13.5. The Kier molecular flexibility index (Phi) is 6.03. The van der Waals surface area contributed by atoms with Crippen molar-refractivity contribution in [3.05, 3.63) is 59.2 Å². The molecule has 0 bridgehead atoms. The van der Waals surface area contributed by atoms with E-state index in [1.165, 1.54) is 40.9 Å². The molecule has 150 valence electrons. The minimum Gasteiger partial charge on any atom is -0.545 e. The highest BCUT2D eigenvalue weighted by atomic mass is 32.2. The number of carboxylic acids is 1. The third-order valence-electron chi connectivity index (χ3n) is 4.56. The summed E-state index contributed by atoms with van der Waals surface area (Å²) in [5.74, 6) is -1.80. The number of carbonyl (C=O) groups is 3. The van der Waals surface area contributed by atoms with Crippen molar-refractivity contribution in [3.8, 4) is 0 Å². The molecular formula is C21H20N3O4S-. The molecule has 2 aromatic carbocycles. The first-order valence-corrected chi connectivity index (χ1v) is 9.84. The zero-order valence-electron chi connectivity index (χ0n) is 16.3. The first kappa shape index (κ1) is 20.6. The normalized spacial score (nSPS) is 17.6. The van der Waals surface area contributed by atoms with E-state index in [0.717, 1.165) is 16.8 Å². The Morgan fingerprint density at radius 2 is 1.76 bits per heavy atom. The number of thioether (sulfide) groups is 1. The number of amides is 2. The summed E-state index contributed by atoms with van der Waals surface area (Å²) in [6, 6.07) is 11.5. The van der Waals surface area contributed by atoms with Crippen LogP contribution in [-0.2, 0) is 9.59 Å². The lowest BCUT2D eigenvalue weighted by atomic mass is 10.1. The summed E-state index contributed by atoms with van der Waals surface area (Å²) >= 11 is 1.26. The lowest BCUT2D eigenvalue weighted by Crippen LogP contribution is -2.30. The number of carboxylic acid groups (broad SMARTS) is 1. The quantitative estimate of drug-likeness (QED) is 0.815. The van der Waals surface area contributed by atoms with Crippen molar-refractivity contribution in [2.45, 2.75) is 25.5 Å². The van der Waals surface area contributed by atoms with Crippen molar-refractivity contribution in [2.24, 2.45) is 4.99 Å². The molecule has 1 aliphatic rings. The van der Waals surface area contributed by atoms with Crippen LogP contribution < -0.4 is 10.4 Å². The number of para-hydroxylation sites is 1. The molecule has 1 fully saturated rings. The number of nitrogens with one attached hydrogen (secondary N) is 1. The molecule has 0 spiro atoms. The van der Waals surface area contributed by atoms with E-state index in [2.05, 4.69) is 10.3 Å².